The smallest absolute Gasteiger partial charge is 0.225 e. The molecule has 2 aromatic rings. The van der Waals surface area contributed by atoms with Gasteiger partial charge in [-0.3, -0.25) is 9.48 Å². The minimum Gasteiger partial charge on any atom is -0.349 e. The fourth-order valence-electron chi connectivity index (χ4n) is 4.66. The van der Waals surface area contributed by atoms with Crippen LogP contribution < -0.4 is 10.6 Å². The van der Waals surface area contributed by atoms with Crippen LogP contribution in [0.4, 0.5) is 4.39 Å². The van der Waals surface area contributed by atoms with Gasteiger partial charge in [-0.15, -0.1) is 12.4 Å². The van der Waals surface area contributed by atoms with Gasteiger partial charge < -0.3 is 10.6 Å². The summed E-state index contributed by atoms with van der Waals surface area (Å²) in [4.78, 5) is 13.2. The number of amides is 1. The Labute approximate surface area is 171 Å². The zero-order valence-electron chi connectivity index (χ0n) is 16.1. The number of nitrogens with one attached hydrogen (secondary N) is 2. The van der Waals surface area contributed by atoms with E-state index in [4.69, 9.17) is 0 Å². The van der Waals surface area contributed by atoms with Crippen molar-refractivity contribution in [3.63, 3.8) is 0 Å². The lowest BCUT2D eigenvalue weighted by atomic mass is 9.87. The number of aromatic nitrogens is 2. The Morgan fingerprint density at radius 2 is 2.11 bits per heavy atom. The third kappa shape index (κ3) is 4.39. The largest absolute Gasteiger partial charge is 0.349 e. The molecular formula is C21H28ClFN4O. The zero-order valence-corrected chi connectivity index (χ0v) is 16.9. The number of rotatable bonds is 5. The van der Waals surface area contributed by atoms with Gasteiger partial charge in [0, 0.05) is 32.3 Å². The molecule has 1 saturated carbocycles. The average Bonchev–Trinajstić information content (AvgIpc) is 3.40. The van der Waals surface area contributed by atoms with E-state index in [1.807, 2.05) is 25.5 Å². The average molecular weight is 407 g/mol. The highest BCUT2D eigenvalue weighted by Crippen LogP contribution is 2.37. The molecule has 5 nitrogen and oxygen atoms in total. The number of benzene rings is 1. The summed E-state index contributed by atoms with van der Waals surface area (Å²) in [5.74, 6) is 0.166. The standard InChI is InChI=1S/C21H27FN4O.ClH/c1-26-13-16(10-24-26)18-11-23-12-19(18)21(27)25-20(14-5-2-3-6-14)15-7-4-8-17(22)9-15;/h4,7-10,13-14,18-20,23H,2-3,5-6,11-12H2,1H3,(H,25,27);1H/t18-,19+,20?;/m1./s1. The van der Waals surface area contributed by atoms with Crippen LogP contribution in [0.5, 0.6) is 0 Å². The summed E-state index contributed by atoms with van der Waals surface area (Å²) in [5.41, 5.74) is 1.96. The van der Waals surface area contributed by atoms with Gasteiger partial charge >= 0.3 is 0 Å². The summed E-state index contributed by atoms with van der Waals surface area (Å²) >= 11 is 0. The summed E-state index contributed by atoms with van der Waals surface area (Å²) in [6, 6.07) is 6.56. The van der Waals surface area contributed by atoms with Crippen molar-refractivity contribution in [1.82, 2.24) is 20.4 Å². The lowest BCUT2D eigenvalue weighted by Crippen LogP contribution is -2.39. The Kier molecular flexibility index (Phi) is 6.73. The van der Waals surface area contributed by atoms with Gasteiger partial charge in [-0.2, -0.15) is 5.10 Å². The molecule has 1 aromatic heterocycles. The second-order valence-electron chi connectivity index (χ2n) is 7.90. The molecule has 3 atom stereocenters. The highest BCUT2D eigenvalue weighted by molar-refractivity contribution is 5.85. The monoisotopic (exact) mass is 406 g/mol. The van der Waals surface area contributed by atoms with Crippen LogP contribution in [0.1, 0.15) is 48.8 Å². The topological polar surface area (TPSA) is 59.0 Å². The third-order valence-electron chi connectivity index (χ3n) is 6.08. The molecule has 2 fully saturated rings. The Balaban J connectivity index is 0.00000225. The van der Waals surface area contributed by atoms with E-state index >= 15 is 0 Å². The van der Waals surface area contributed by atoms with E-state index in [9.17, 15) is 9.18 Å². The van der Waals surface area contributed by atoms with E-state index in [1.165, 1.54) is 18.9 Å². The maximum atomic E-state index is 13.8. The molecule has 1 aliphatic heterocycles. The van der Waals surface area contributed by atoms with Crippen molar-refractivity contribution >= 4 is 18.3 Å². The highest BCUT2D eigenvalue weighted by atomic mass is 35.5. The number of hydrogen-bond acceptors (Lipinski definition) is 3. The van der Waals surface area contributed by atoms with Crippen LogP contribution in [0.25, 0.3) is 0 Å². The van der Waals surface area contributed by atoms with Crippen molar-refractivity contribution in [2.24, 2.45) is 18.9 Å². The number of carbonyl (C=O) groups is 1. The van der Waals surface area contributed by atoms with Gasteiger partial charge in [-0.1, -0.05) is 25.0 Å². The van der Waals surface area contributed by atoms with Crippen molar-refractivity contribution in [3.05, 3.63) is 53.6 Å². The van der Waals surface area contributed by atoms with E-state index in [2.05, 4.69) is 15.7 Å². The molecule has 2 N–H and O–H groups in total. The lowest BCUT2D eigenvalue weighted by Gasteiger charge is -2.28. The van der Waals surface area contributed by atoms with Crippen LogP contribution in [0, 0.1) is 17.7 Å². The number of aryl methyl sites for hydroxylation is 1. The molecule has 2 aliphatic rings. The molecule has 1 unspecified atom stereocenters. The summed E-state index contributed by atoms with van der Waals surface area (Å²) in [5, 5.41) is 10.9. The normalized spacial score (nSPS) is 23.4. The molecule has 4 rings (SSSR count). The van der Waals surface area contributed by atoms with Gasteiger partial charge in [-0.05, 0) is 42.0 Å². The Bertz CT molecular complexity index is 805. The highest BCUT2D eigenvalue weighted by Gasteiger charge is 2.37. The van der Waals surface area contributed by atoms with Gasteiger partial charge in [-0.25, -0.2) is 4.39 Å². The van der Waals surface area contributed by atoms with E-state index in [0.717, 1.165) is 30.5 Å². The van der Waals surface area contributed by atoms with Crippen molar-refractivity contribution < 1.29 is 9.18 Å². The van der Waals surface area contributed by atoms with Crippen molar-refractivity contribution in [1.29, 1.82) is 0 Å². The fourth-order valence-corrected chi connectivity index (χ4v) is 4.66. The Hall–Kier alpha value is -1.92. The molecule has 152 valence electrons. The number of hydrogen-bond donors (Lipinski definition) is 2. The Morgan fingerprint density at radius 3 is 2.79 bits per heavy atom. The van der Waals surface area contributed by atoms with Crippen molar-refractivity contribution in [3.8, 4) is 0 Å². The van der Waals surface area contributed by atoms with E-state index in [-0.39, 0.29) is 42.0 Å². The molecule has 0 bridgehead atoms. The molecule has 7 heteroatoms. The molecule has 28 heavy (non-hydrogen) atoms. The first kappa shape index (κ1) is 20.8. The summed E-state index contributed by atoms with van der Waals surface area (Å²) in [7, 11) is 1.89. The van der Waals surface area contributed by atoms with Gasteiger partial charge in [0.05, 0.1) is 18.2 Å². The van der Waals surface area contributed by atoms with E-state index in [1.54, 1.807) is 16.8 Å². The molecule has 0 spiro atoms. The Morgan fingerprint density at radius 1 is 1.32 bits per heavy atom. The quantitative estimate of drug-likeness (QED) is 0.800. The van der Waals surface area contributed by atoms with Crippen LogP contribution in [0.3, 0.4) is 0 Å². The summed E-state index contributed by atoms with van der Waals surface area (Å²) in [6.45, 7) is 1.43. The van der Waals surface area contributed by atoms with Gasteiger partial charge in [0.25, 0.3) is 0 Å². The number of halogens is 2. The first-order valence-corrected chi connectivity index (χ1v) is 9.87. The second kappa shape index (κ2) is 9.05. The van der Waals surface area contributed by atoms with Gasteiger partial charge in [0.15, 0.2) is 0 Å². The molecular weight excluding hydrogens is 379 g/mol. The number of carbonyl (C=O) groups excluding carboxylic acids is 1. The predicted molar refractivity (Wildman–Crippen MR) is 109 cm³/mol. The van der Waals surface area contributed by atoms with Crippen LogP contribution in [-0.2, 0) is 11.8 Å². The van der Waals surface area contributed by atoms with Gasteiger partial charge in [0.2, 0.25) is 5.91 Å². The van der Waals surface area contributed by atoms with Gasteiger partial charge in [0.1, 0.15) is 5.82 Å². The van der Waals surface area contributed by atoms with Crippen LogP contribution in [0.2, 0.25) is 0 Å². The summed E-state index contributed by atoms with van der Waals surface area (Å²) in [6.07, 6.45) is 8.34. The third-order valence-corrected chi connectivity index (χ3v) is 6.08. The molecule has 1 saturated heterocycles. The minimum atomic E-state index is -0.250. The SMILES string of the molecule is Cl.Cn1cc([C@H]2CNC[C@@H]2C(=O)NC(c2cccc(F)c2)C2CCCC2)cn1. The molecule has 1 aromatic carbocycles. The first-order chi connectivity index (χ1) is 13.1. The second-order valence-corrected chi connectivity index (χ2v) is 7.90. The summed E-state index contributed by atoms with van der Waals surface area (Å²) < 4.78 is 15.6. The number of nitrogens with zero attached hydrogens (tertiary/aromatic N) is 2. The lowest BCUT2D eigenvalue weighted by molar-refractivity contribution is -0.126. The fraction of sp³-hybridized carbons (Fsp3) is 0.524. The minimum absolute atomic E-state index is 0. The van der Waals surface area contributed by atoms with Crippen LogP contribution in [-0.4, -0.2) is 28.8 Å². The maximum absolute atomic E-state index is 13.8. The molecule has 1 amide bonds. The van der Waals surface area contributed by atoms with E-state index in [0.29, 0.717) is 12.5 Å². The molecule has 0 radical (unpaired) electrons. The molecule has 2 heterocycles. The van der Waals surface area contributed by atoms with Crippen molar-refractivity contribution in [2.75, 3.05) is 13.1 Å². The maximum Gasteiger partial charge on any atom is 0.225 e. The van der Waals surface area contributed by atoms with Crippen molar-refractivity contribution in [2.45, 2.75) is 37.6 Å². The van der Waals surface area contributed by atoms with Crippen LogP contribution in [0.15, 0.2) is 36.7 Å². The predicted octanol–water partition coefficient (Wildman–Crippen LogP) is 3.33. The first-order valence-electron chi connectivity index (χ1n) is 9.87. The molecule has 1 aliphatic carbocycles. The van der Waals surface area contributed by atoms with Crippen LogP contribution >= 0.6 is 12.4 Å². The van der Waals surface area contributed by atoms with E-state index < -0.39 is 0 Å². The zero-order chi connectivity index (χ0) is 18.8.